The van der Waals surface area contributed by atoms with E-state index in [1.807, 2.05) is 26.0 Å². The van der Waals surface area contributed by atoms with Gasteiger partial charge >= 0.3 is 0 Å². The molecule has 1 rings (SSSR count). The molecule has 0 aliphatic rings. The first kappa shape index (κ1) is 11.6. The topological polar surface area (TPSA) is 59.1 Å². The van der Waals surface area contributed by atoms with Crippen molar-refractivity contribution in [2.45, 2.75) is 19.9 Å². The molecule has 0 saturated heterocycles. The third kappa shape index (κ3) is 2.53. The molecule has 0 unspecified atom stereocenters. The van der Waals surface area contributed by atoms with Crippen LogP contribution in [0.4, 0.5) is 0 Å². The molecule has 3 nitrogen and oxygen atoms in total. The van der Waals surface area contributed by atoms with Gasteiger partial charge in [0, 0.05) is 24.3 Å². The lowest BCUT2D eigenvalue weighted by molar-refractivity contribution is 0.132. The van der Waals surface area contributed by atoms with Gasteiger partial charge in [-0.25, -0.2) is 4.98 Å². The standard InChI is InChI=1S/C10H15BrN2O/c1-10(2,6-14)9(12)7-3-4-8(11)13-5-7/h3-5,9,14H,6,12H2,1-2H3/t9-/m1/s1. The minimum atomic E-state index is -0.324. The van der Waals surface area contributed by atoms with Crippen molar-refractivity contribution in [2.75, 3.05) is 6.61 Å². The van der Waals surface area contributed by atoms with E-state index in [0.29, 0.717) is 0 Å². The van der Waals surface area contributed by atoms with Crippen molar-refractivity contribution in [3.05, 3.63) is 28.5 Å². The summed E-state index contributed by atoms with van der Waals surface area (Å²) in [7, 11) is 0. The van der Waals surface area contributed by atoms with Crippen LogP contribution >= 0.6 is 15.9 Å². The van der Waals surface area contributed by atoms with Crippen LogP contribution in [-0.4, -0.2) is 16.7 Å². The van der Waals surface area contributed by atoms with Crippen LogP contribution in [0.15, 0.2) is 22.9 Å². The Hall–Kier alpha value is -0.450. The van der Waals surface area contributed by atoms with Crippen LogP contribution in [0.5, 0.6) is 0 Å². The Kier molecular flexibility index (Phi) is 3.64. The average Bonchev–Trinajstić information content (AvgIpc) is 2.18. The smallest absolute Gasteiger partial charge is 0.106 e. The predicted molar refractivity (Wildman–Crippen MR) is 59.7 cm³/mol. The van der Waals surface area contributed by atoms with Gasteiger partial charge in [-0.2, -0.15) is 0 Å². The quantitative estimate of drug-likeness (QED) is 0.814. The summed E-state index contributed by atoms with van der Waals surface area (Å²) in [5.74, 6) is 0. The fourth-order valence-corrected chi connectivity index (χ4v) is 1.36. The molecule has 0 saturated carbocycles. The van der Waals surface area contributed by atoms with E-state index in [1.165, 1.54) is 0 Å². The Labute approximate surface area is 92.5 Å². The summed E-state index contributed by atoms with van der Waals surface area (Å²) < 4.78 is 0.787. The van der Waals surface area contributed by atoms with Crippen molar-refractivity contribution in [1.82, 2.24) is 4.98 Å². The largest absolute Gasteiger partial charge is 0.396 e. The van der Waals surface area contributed by atoms with Crippen molar-refractivity contribution in [3.8, 4) is 0 Å². The zero-order valence-corrected chi connectivity index (χ0v) is 9.95. The van der Waals surface area contributed by atoms with E-state index < -0.39 is 0 Å². The van der Waals surface area contributed by atoms with Crippen molar-refractivity contribution in [2.24, 2.45) is 11.1 Å². The second-order valence-corrected chi connectivity index (χ2v) is 4.85. The van der Waals surface area contributed by atoms with Gasteiger partial charge in [-0.3, -0.25) is 0 Å². The van der Waals surface area contributed by atoms with E-state index in [0.717, 1.165) is 10.2 Å². The maximum absolute atomic E-state index is 9.17. The van der Waals surface area contributed by atoms with Crippen LogP contribution in [0, 0.1) is 5.41 Å². The fraction of sp³-hybridized carbons (Fsp3) is 0.500. The summed E-state index contributed by atoms with van der Waals surface area (Å²) in [4.78, 5) is 4.10. The van der Waals surface area contributed by atoms with Crippen molar-refractivity contribution < 1.29 is 5.11 Å². The molecular formula is C10H15BrN2O. The molecule has 0 fully saturated rings. The molecule has 0 spiro atoms. The highest BCUT2D eigenvalue weighted by molar-refractivity contribution is 9.10. The van der Waals surface area contributed by atoms with Crippen LogP contribution in [0.2, 0.25) is 0 Å². The second kappa shape index (κ2) is 4.38. The van der Waals surface area contributed by atoms with E-state index in [9.17, 15) is 5.11 Å². The summed E-state index contributed by atoms with van der Waals surface area (Å²) in [6, 6.07) is 3.56. The minimum absolute atomic E-state index is 0.0598. The minimum Gasteiger partial charge on any atom is -0.396 e. The van der Waals surface area contributed by atoms with Gasteiger partial charge in [0.05, 0.1) is 0 Å². The van der Waals surface area contributed by atoms with Gasteiger partial charge in [0.1, 0.15) is 4.60 Å². The number of nitrogens with two attached hydrogens (primary N) is 1. The monoisotopic (exact) mass is 258 g/mol. The number of aromatic nitrogens is 1. The SMILES string of the molecule is CC(C)(CO)[C@H](N)c1ccc(Br)nc1. The molecule has 78 valence electrons. The molecule has 1 aromatic heterocycles. The number of halogens is 1. The summed E-state index contributed by atoms with van der Waals surface area (Å²) in [5.41, 5.74) is 6.63. The highest BCUT2D eigenvalue weighted by Crippen LogP contribution is 2.30. The van der Waals surface area contributed by atoms with Crippen LogP contribution in [0.1, 0.15) is 25.5 Å². The third-order valence-corrected chi connectivity index (χ3v) is 2.83. The number of aliphatic hydroxyl groups excluding tert-OH is 1. The Morgan fingerprint density at radius 2 is 2.21 bits per heavy atom. The average molecular weight is 259 g/mol. The molecule has 0 amide bonds. The van der Waals surface area contributed by atoms with Crippen LogP contribution in [-0.2, 0) is 0 Å². The predicted octanol–water partition coefficient (Wildman–Crippen LogP) is 1.86. The van der Waals surface area contributed by atoms with E-state index in [-0.39, 0.29) is 18.1 Å². The molecule has 0 aliphatic heterocycles. The van der Waals surface area contributed by atoms with E-state index >= 15 is 0 Å². The van der Waals surface area contributed by atoms with Gasteiger partial charge in [0.15, 0.2) is 0 Å². The highest BCUT2D eigenvalue weighted by Gasteiger charge is 2.26. The molecule has 0 aromatic carbocycles. The normalized spacial score (nSPS) is 14.1. The van der Waals surface area contributed by atoms with Gasteiger partial charge in [0.25, 0.3) is 0 Å². The lowest BCUT2D eigenvalue weighted by Crippen LogP contribution is -2.32. The molecule has 14 heavy (non-hydrogen) atoms. The maximum Gasteiger partial charge on any atom is 0.106 e. The number of aliphatic hydroxyl groups is 1. The lowest BCUT2D eigenvalue weighted by atomic mass is 9.82. The molecule has 3 N–H and O–H groups in total. The van der Waals surface area contributed by atoms with Gasteiger partial charge in [-0.15, -0.1) is 0 Å². The van der Waals surface area contributed by atoms with E-state index in [1.54, 1.807) is 6.20 Å². The molecule has 1 heterocycles. The lowest BCUT2D eigenvalue weighted by Gasteiger charge is -2.29. The maximum atomic E-state index is 9.17. The Bertz CT molecular complexity index is 297. The second-order valence-electron chi connectivity index (χ2n) is 4.04. The first-order valence-corrected chi connectivity index (χ1v) is 5.24. The van der Waals surface area contributed by atoms with E-state index in [2.05, 4.69) is 20.9 Å². The molecular weight excluding hydrogens is 244 g/mol. The number of nitrogens with zero attached hydrogens (tertiary/aromatic N) is 1. The zero-order valence-electron chi connectivity index (χ0n) is 8.37. The Balaban J connectivity index is 2.89. The van der Waals surface area contributed by atoms with Crippen LogP contribution in [0.3, 0.4) is 0 Å². The molecule has 1 atom stereocenters. The summed E-state index contributed by atoms with van der Waals surface area (Å²) in [5, 5.41) is 9.17. The Morgan fingerprint density at radius 1 is 1.57 bits per heavy atom. The van der Waals surface area contributed by atoms with E-state index in [4.69, 9.17) is 5.73 Å². The van der Waals surface area contributed by atoms with Crippen molar-refractivity contribution in [1.29, 1.82) is 0 Å². The summed E-state index contributed by atoms with van der Waals surface area (Å²) in [6.45, 7) is 3.92. The van der Waals surface area contributed by atoms with Gasteiger partial charge < -0.3 is 10.8 Å². The number of hydrogen-bond donors (Lipinski definition) is 2. The highest BCUT2D eigenvalue weighted by atomic mass is 79.9. The first-order valence-electron chi connectivity index (χ1n) is 4.45. The molecule has 1 aromatic rings. The molecule has 0 radical (unpaired) electrons. The van der Waals surface area contributed by atoms with Gasteiger partial charge in [0.2, 0.25) is 0 Å². The first-order chi connectivity index (χ1) is 6.47. The number of rotatable bonds is 3. The third-order valence-electron chi connectivity index (χ3n) is 2.36. The Morgan fingerprint density at radius 3 is 2.64 bits per heavy atom. The van der Waals surface area contributed by atoms with Gasteiger partial charge in [-0.05, 0) is 27.6 Å². The zero-order chi connectivity index (χ0) is 10.8. The van der Waals surface area contributed by atoms with Crippen LogP contribution < -0.4 is 5.73 Å². The van der Waals surface area contributed by atoms with Crippen LogP contribution in [0.25, 0.3) is 0 Å². The number of pyridine rings is 1. The fourth-order valence-electron chi connectivity index (χ4n) is 1.12. The van der Waals surface area contributed by atoms with Gasteiger partial charge in [-0.1, -0.05) is 19.9 Å². The molecule has 4 heteroatoms. The summed E-state index contributed by atoms with van der Waals surface area (Å²) >= 11 is 3.26. The molecule has 0 aliphatic carbocycles. The number of hydrogen-bond acceptors (Lipinski definition) is 3. The summed E-state index contributed by atoms with van der Waals surface area (Å²) in [6.07, 6.45) is 1.73. The van der Waals surface area contributed by atoms with Crippen molar-refractivity contribution >= 4 is 15.9 Å². The van der Waals surface area contributed by atoms with Crippen molar-refractivity contribution in [3.63, 3.8) is 0 Å². The molecule has 0 bridgehead atoms.